The number of anilines is 1. The van der Waals surface area contributed by atoms with Crippen molar-refractivity contribution in [3.05, 3.63) is 102 Å². The summed E-state index contributed by atoms with van der Waals surface area (Å²) >= 11 is 16.2. The van der Waals surface area contributed by atoms with Crippen LogP contribution in [0.15, 0.2) is 76.1 Å². The molecule has 33 heavy (non-hydrogen) atoms. The van der Waals surface area contributed by atoms with Gasteiger partial charge in [-0.05, 0) is 51.8 Å². The lowest BCUT2D eigenvalue weighted by atomic mass is 10.2. The summed E-state index contributed by atoms with van der Waals surface area (Å²) in [5.41, 5.74) is 1.90. The molecule has 0 atom stereocenters. The molecule has 4 rings (SSSR count). The number of nitro groups is 1. The second-order valence-electron chi connectivity index (χ2n) is 6.86. The van der Waals surface area contributed by atoms with E-state index in [2.05, 4.69) is 15.9 Å². The molecule has 0 saturated carbocycles. The molecule has 1 fully saturated rings. The number of thioether (sulfide) groups is 1. The Kier molecular flexibility index (Phi) is 7.14. The zero-order chi connectivity index (χ0) is 23.5. The van der Waals surface area contributed by atoms with Crippen molar-refractivity contribution in [3.8, 4) is 5.75 Å². The molecular weight excluding hydrogens is 548 g/mol. The molecule has 166 valence electrons. The van der Waals surface area contributed by atoms with Crippen LogP contribution < -0.4 is 9.64 Å². The molecule has 0 unspecified atom stereocenters. The first kappa shape index (κ1) is 23.4. The number of thiocarbonyl (C=S) groups is 1. The van der Waals surface area contributed by atoms with Crippen molar-refractivity contribution in [2.24, 2.45) is 0 Å². The Morgan fingerprint density at radius 3 is 2.67 bits per heavy atom. The van der Waals surface area contributed by atoms with Crippen LogP contribution in [0.4, 0.5) is 11.4 Å². The molecule has 10 heteroatoms. The van der Waals surface area contributed by atoms with E-state index in [0.717, 1.165) is 27.4 Å². The summed E-state index contributed by atoms with van der Waals surface area (Å²) in [7, 11) is 0. The van der Waals surface area contributed by atoms with Gasteiger partial charge in [-0.2, -0.15) is 0 Å². The van der Waals surface area contributed by atoms with Gasteiger partial charge in [0, 0.05) is 22.7 Å². The van der Waals surface area contributed by atoms with E-state index < -0.39 is 4.92 Å². The lowest BCUT2D eigenvalue weighted by Crippen LogP contribution is -2.27. The second kappa shape index (κ2) is 10.0. The highest BCUT2D eigenvalue weighted by Gasteiger charge is 2.34. The van der Waals surface area contributed by atoms with E-state index >= 15 is 0 Å². The van der Waals surface area contributed by atoms with Gasteiger partial charge in [0.1, 0.15) is 12.4 Å². The van der Waals surface area contributed by atoms with Crippen LogP contribution in [0.5, 0.6) is 5.75 Å². The summed E-state index contributed by atoms with van der Waals surface area (Å²) in [5, 5.41) is 11.7. The summed E-state index contributed by atoms with van der Waals surface area (Å²) in [5.74, 6) is 0.303. The van der Waals surface area contributed by atoms with Gasteiger partial charge in [-0.25, -0.2) is 0 Å². The molecule has 0 aliphatic carbocycles. The predicted molar refractivity (Wildman–Crippen MR) is 139 cm³/mol. The number of hydrogen-bond acceptors (Lipinski definition) is 6. The number of benzene rings is 3. The first-order valence-corrected chi connectivity index (χ1v) is 11.9. The van der Waals surface area contributed by atoms with E-state index in [1.165, 1.54) is 23.1 Å². The quantitative estimate of drug-likeness (QED) is 0.140. The van der Waals surface area contributed by atoms with Crippen molar-refractivity contribution < 1.29 is 14.5 Å². The number of nitrogens with zero attached hydrogens (tertiary/aromatic N) is 2. The predicted octanol–water partition coefficient (Wildman–Crippen LogP) is 7.00. The molecule has 1 saturated heterocycles. The van der Waals surface area contributed by atoms with Gasteiger partial charge in [0.25, 0.3) is 11.6 Å². The average Bonchev–Trinajstić information content (AvgIpc) is 3.07. The molecule has 1 amide bonds. The summed E-state index contributed by atoms with van der Waals surface area (Å²) in [4.78, 5) is 25.3. The van der Waals surface area contributed by atoms with Gasteiger partial charge in [0.15, 0.2) is 4.32 Å². The molecule has 6 nitrogen and oxygen atoms in total. The second-order valence-corrected chi connectivity index (χ2v) is 9.80. The highest BCUT2D eigenvalue weighted by Crippen LogP contribution is 2.37. The van der Waals surface area contributed by atoms with Crippen LogP contribution in [-0.4, -0.2) is 15.2 Å². The molecule has 1 heterocycles. The minimum atomic E-state index is -0.510. The molecule has 1 aliphatic rings. The number of rotatable bonds is 6. The van der Waals surface area contributed by atoms with Crippen molar-refractivity contribution in [2.45, 2.75) is 6.61 Å². The Morgan fingerprint density at radius 1 is 1.15 bits per heavy atom. The van der Waals surface area contributed by atoms with Gasteiger partial charge in [-0.3, -0.25) is 19.8 Å². The fourth-order valence-corrected chi connectivity index (χ4v) is 5.08. The van der Waals surface area contributed by atoms with Gasteiger partial charge < -0.3 is 4.74 Å². The number of hydrogen-bond donors (Lipinski definition) is 0. The van der Waals surface area contributed by atoms with Gasteiger partial charge >= 0.3 is 0 Å². The van der Waals surface area contributed by atoms with E-state index in [0.29, 0.717) is 32.3 Å². The average molecular weight is 562 g/mol. The zero-order valence-corrected chi connectivity index (χ0v) is 20.7. The van der Waals surface area contributed by atoms with Crippen LogP contribution in [0.2, 0.25) is 5.02 Å². The molecule has 3 aromatic rings. The minimum Gasteiger partial charge on any atom is -0.488 e. The highest BCUT2D eigenvalue weighted by molar-refractivity contribution is 9.10. The maximum atomic E-state index is 13.0. The third-order valence-corrected chi connectivity index (χ3v) is 6.98. The van der Waals surface area contributed by atoms with Crippen LogP contribution in [0, 0.1) is 10.1 Å². The number of nitro benzene ring substituents is 1. The van der Waals surface area contributed by atoms with Crippen molar-refractivity contribution >= 4 is 79.2 Å². The number of non-ortho nitro benzene ring substituents is 1. The Balaban J connectivity index is 1.52. The van der Waals surface area contributed by atoms with Crippen LogP contribution in [-0.2, 0) is 11.4 Å². The fourth-order valence-electron chi connectivity index (χ4n) is 3.08. The van der Waals surface area contributed by atoms with Gasteiger partial charge in [-0.15, -0.1) is 0 Å². The molecule has 3 aromatic carbocycles. The SMILES string of the molecule is O=C1/C(=C/c2ccc(OCc3ccccc3Cl)c(Br)c2)SC(=S)N1c1cccc([N+](=O)[O-])c1. The van der Waals surface area contributed by atoms with Gasteiger partial charge in [-0.1, -0.05) is 65.9 Å². The van der Waals surface area contributed by atoms with E-state index in [1.54, 1.807) is 18.2 Å². The van der Waals surface area contributed by atoms with E-state index in [9.17, 15) is 14.9 Å². The van der Waals surface area contributed by atoms with Gasteiger partial charge in [0.2, 0.25) is 0 Å². The summed E-state index contributed by atoms with van der Waals surface area (Å²) in [6.45, 7) is 0.319. The summed E-state index contributed by atoms with van der Waals surface area (Å²) in [6.07, 6.45) is 1.72. The standard InChI is InChI=1S/C23H14BrClN2O4S2/c24-18-10-14(8-9-20(18)31-13-15-4-1-2-7-19(15)25)11-21-22(28)26(23(32)33-21)16-5-3-6-17(12-16)27(29)30/h1-12H,13H2/b21-11-. The Morgan fingerprint density at radius 2 is 1.94 bits per heavy atom. The summed E-state index contributed by atoms with van der Waals surface area (Å²) < 4.78 is 6.89. The largest absolute Gasteiger partial charge is 0.488 e. The van der Waals surface area contributed by atoms with Crippen molar-refractivity contribution in [3.63, 3.8) is 0 Å². The van der Waals surface area contributed by atoms with Crippen molar-refractivity contribution in [1.82, 2.24) is 0 Å². The first-order valence-electron chi connectivity index (χ1n) is 9.51. The zero-order valence-electron chi connectivity index (χ0n) is 16.7. The third-order valence-electron chi connectivity index (χ3n) is 4.69. The first-order chi connectivity index (χ1) is 15.8. The number of halogens is 2. The Hall–Kier alpha value is -2.72. The number of ether oxygens (including phenoxy) is 1. The molecule has 0 N–H and O–H groups in total. The Bertz CT molecular complexity index is 1320. The molecule has 0 radical (unpaired) electrons. The third kappa shape index (κ3) is 5.27. The van der Waals surface area contributed by atoms with Crippen LogP contribution >= 0.6 is 51.5 Å². The monoisotopic (exact) mass is 560 g/mol. The van der Waals surface area contributed by atoms with E-state index in [-0.39, 0.29) is 11.6 Å². The molecular formula is C23H14BrClN2O4S2. The fraction of sp³-hybridized carbons (Fsp3) is 0.0435. The van der Waals surface area contributed by atoms with E-state index in [1.807, 2.05) is 36.4 Å². The number of carbonyl (C=O) groups excluding carboxylic acids is 1. The summed E-state index contributed by atoms with van der Waals surface area (Å²) in [6, 6.07) is 18.7. The topological polar surface area (TPSA) is 72.7 Å². The normalized spacial score (nSPS) is 14.7. The van der Waals surface area contributed by atoms with Crippen molar-refractivity contribution in [2.75, 3.05) is 4.90 Å². The molecule has 1 aliphatic heterocycles. The smallest absolute Gasteiger partial charge is 0.271 e. The maximum Gasteiger partial charge on any atom is 0.271 e. The van der Waals surface area contributed by atoms with Crippen molar-refractivity contribution in [1.29, 1.82) is 0 Å². The molecule has 0 aromatic heterocycles. The maximum absolute atomic E-state index is 13.0. The lowest BCUT2D eigenvalue weighted by molar-refractivity contribution is -0.384. The van der Waals surface area contributed by atoms with Gasteiger partial charge in [0.05, 0.1) is 20.0 Å². The van der Waals surface area contributed by atoms with E-state index in [4.69, 9.17) is 28.6 Å². The minimum absolute atomic E-state index is 0.109. The number of amides is 1. The molecule has 0 bridgehead atoms. The van der Waals surface area contributed by atoms with Crippen LogP contribution in [0.3, 0.4) is 0 Å². The highest BCUT2D eigenvalue weighted by atomic mass is 79.9. The number of carbonyl (C=O) groups is 1. The lowest BCUT2D eigenvalue weighted by Gasteiger charge is -2.14. The molecule has 0 spiro atoms. The van der Waals surface area contributed by atoms with Crippen LogP contribution in [0.1, 0.15) is 11.1 Å². The Labute approximate surface area is 212 Å². The van der Waals surface area contributed by atoms with Crippen LogP contribution in [0.25, 0.3) is 6.08 Å².